The van der Waals surface area contributed by atoms with Crippen molar-refractivity contribution in [3.05, 3.63) is 71.6 Å². The first-order chi connectivity index (χ1) is 15.7. The van der Waals surface area contributed by atoms with Crippen LogP contribution in [0.5, 0.6) is 0 Å². The number of carbonyl (C=O) groups excluding carboxylic acids is 2. The topological polar surface area (TPSA) is 85.1 Å². The van der Waals surface area contributed by atoms with Crippen LogP contribution in [-0.4, -0.2) is 23.0 Å². The van der Waals surface area contributed by atoms with E-state index in [9.17, 15) is 9.59 Å². The van der Waals surface area contributed by atoms with Crippen molar-refractivity contribution in [2.45, 2.75) is 64.2 Å². The van der Waals surface area contributed by atoms with Crippen molar-refractivity contribution in [2.24, 2.45) is 10.2 Å². The molecule has 0 radical (unpaired) electrons. The molecule has 0 atom stereocenters. The minimum atomic E-state index is -0.225. The highest BCUT2D eigenvalue weighted by atomic mass is 16.3. The molecular formula is C26H28N2O4. The van der Waals surface area contributed by atoms with E-state index in [4.69, 9.17) is 8.83 Å². The smallest absolute Gasteiger partial charge is 0.206 e. The number of carbonyl (C=O) groups is 2. The molecule has 0 aliphatic heterocycles. The van der Waals surface area contributed by atoms with Gasteiger partial charge in [0, 0.05) is 11.1 Å². The fourth-order valence-corrected chi connectivity index (χ4v) is 4.20. The normalized spacial score (nSPS) is 17.9. The lowest BCUT2D eigenvalue weighted by atomic mass is 9.93. The maximum absolute atomic E-state index is 13.1. The number of nitrogens with zero attached hydrogens (tertiary/aromatic N) is 2. The molecule has 32 heavy (non-hydrogen) atoms. The molecule has 0 bridgehead atoms. The van der Waals surface area contributed by atoms with Gasteiger partial charge < -0.3 is 8.83 Å². The van der Waals surface area contributed by atoms with E-state index < -0.39 is 0 Å². The van der Waals surface area contributed by atoms with Crippen LogP contribution in [0, 0.1) is 0 Å². The molecule has 6 heteroatoms. The molecule has 2 saturated carbocycles. The van der Waals surface area contributed by atoms with Crippen molar-refractivity contribution in [3.63, 3.8) is 0 Å². The number of ketones is 2. The van der Waals surface area contributed by atoms with Gasteiger partial charge in [0.05, 0.1) is 25.1 Å². The Balaban J connectivity index is 1.68. The molecule has 0 amide bonds. The van der Waals surface area contributed by atoms with Crippen LogP contribution in [0.15, 0.2) is 79.5 Å². The van der Waals surface area contributed by atoms with Gasteiger partial charge in [0.1, 0.15) is 11.4 Å². The summed E-state index contributed by atoms with van der Waals surface area (Å²) in [4.78, 5) is 26.1. The van der Waals surface area contributed by atoms with Gasteiger partial charge in [0.15, 0.2) is 0 Å². The van der Waals surface area contributed by atoms with Crippen molar-refractivity contribution in [2.75, 3.05) is 0 Å². The van der Waals surface area contributed by atoms with Crippen LogP contribution >= 0.6 is 0 Å². The Kier molecular flexibility index (Phi) is 7.43. The van der Waals surface area contributed by atoms with Gasteiger partial charge in [-0.05, 0) is 75.7 Å². The van der Waals surface area contributed by atoms with Crippen LogP contribution in [0.25, 0.3) is 0 Å². The van der Waals surface area contributed by atoms with E-state index in [1.807, 2.05) is 0 Å². The molecule has 0 saturated heterocycles. The average Bonchev–Trinajstić information content (AvgIpc) is 3.53. The van der Waals surface area contributed by atoms with E-state index in [2.05, 4.69) is 10.2 Å². The number of hydrogen-bond acceptors (Lipinski definition) is 6. The van der Waals surface area contributed by atoms with E-state index >= 15 is 0 Å². The molecule has 2 aromatic rings. The molecule has 2 heterocycles. The Morgan fingerprint density at radius 1 is 0.656 bits per heavy atom. The maximum Gasteiger partial charge on any atom is 0.206 e. The molecule has 6 nitrogen and oxygen atoms in total. The summed E-state index contributed by atoms with van der Waals surface area (Å²) in [5, 5.41) is 8.52. The van der Waals surface area contributed by atoms with E-state index in [1.165, 1.54) is 37.9 Å². The standard InChI is InChI=1S/C26H28N2O4/c29-23(15-19-7-3-1-4-8-19)25(21-11-13-31-17-21)27-28-26(22-12-14-32-18-22)24(30)16-20-9-5-2-6-10-20/h11-18H,1-10H2/b27-25+,28-26+. The number of allylic oxidation sites excluding steroid dienone is 4. The second-order valence-electron chi connectivity index (χ2n) is 8.38. The highest BCUT2D eigenvalue weighted by Crippen LogP contribution is 2.24. The van der Waals surface area contributed by atoms with Crippen molar-refractivity contribution in [3.8, 4) is 0 Å². The van der Waals surface area contributed by atoms with Gasteiger partial charge in [-0.3, -0.25) is 9.59 Å². The average molecular weight is 433 g/mol. The van der Waals surface area contributed by atoms with Crippen molar-refractivity contribution >= 4 is 23.0 Å². The minimum Gasteiger partial charge on any atom is -0.472 e. The zero-order chi connectivity index (χ0) is 22.2. The molecule has 4 rings (SSSR count). The van der Waals surface area contributed by atoms with Crippen molar-refractivity contribution in [1.82, 2.24) is 0 Å². The zero-order valence-corrected chi connectivity index (χ0v) is 18.2. The number of furan rings is 2. The molecule has 0 spiro atoms. The largest absolute Gasteiger partial charge is 0.472 e. The highest BCUT2D eigenvalue weighted by molar-refractivity contribution is 6.51. The van der Waals surface area contributed by atoms with Crippen LogP contribution in [-0.2, 0) is 9.59 Å². The summed E-state index contributed by atoms with van der Waals surface area (Å²) < 4.78 is 10.3. The summed E-state index contributed by atoms with van der Waals surface area (Å²) in [6.45, 7) is 0. The van der Waals surface area contributed by atoms with Gasteiger partial charge >= 0.3 is 0 Å². The van der Waals surface area contributed by atoms with E-state index in [0.717, 1.165) is 62.5 Å². The van der Waals surface area contributed by atoms with Gasteiger partial charge in [-0.2, -0.15) is 0 Å². The third-order valence-corrected chi connectivity index (χ3v) is 5.97. The molecule has 0 aromatic carbocycles. The van der Waals surface area contributed by atoms with Gasteiger partial charge in [-0.1, -0.05) is 24.0 Å². The third kappa shape index (κ3) is 5.69. The first-order valence-corrected chi connectivity index (χ1v) is 11.4. The summed E-state index contributed by atoms with van der Waals surface area (Å²) >= 11 is 0. The van der Waals surface area contributed by atoms with Gasteiger partial charge in [-0.25, -0.2) is 0 Å². The van der Waals surface area contributed by atoms with Crippen LogP contribution in [0.2, 0.25) is 0 Å². The van der Waals surface area contributed by atoms with Crippen molar-refractivity contribution < 1.29 is 18.4 Å². The predicted octanol–water partition coefficient (Wildman–Crippen LogP) is 5.99. The Morgan fingerprint density at radius 2 is 1.06 bits per heavy atom. The summed E-state index contributed by atoms with van der Waals surface area (Å²) in [5.41, 5.74) is 3.67. The monoisotopic (exact) mass is 432 g/mol. The lowest BCUT2D eigenvalue weighted by Crippen LogP contribution is -2.16. The molecule has 2 aliphatic carbocycles. The summed E-state index contributed by atoms with van der Waals surface area (Å²) in [5.74, 6) is -0.451. The van der Waals surface area contributed by atoms with Crippen LogP contribution in [0.1, 0.15) is 75.3 Å². The quantitative estimate of drug-likeness (QED) is 0.306. The Bertz CT molecular complexity index is 951. The lowest BCUT2D eigenvalue weighted by Gasteiger charge is -2.13. The van der Waals surface area contributed by atoms with Crippen LogP contribution in [0.4, 0.5) is 0 Å². The fraction of sp³-hybridized carbons (Fsp3) is 0.385. The third-order valence-electron chi connectivity index (χ3n) is 5.97. The van der Waals surface area contributed by atoms with Crippen LogP contribution < -0.4 is 0 Å². The van der Waals surface area contributed by atoms with E-state index in [0.29, 0.717) is 11.1 Å². The Labute approximate surface area is 187 Å². The first kappa shape index (κ1) is 21.9. The number of hydrogen-bond donors (Lipinski definition) is 0. The molecule has 0 N–H and O–H groups in total. The Morgan fingerprint density at radius 3 is 1.41 bits per heavy atom. The second-order valence-corrected chi connectivity index (χ2v) is 8.38. The maximum atomic E-state index is 13.1. The SMILES string of the molecule is O=C(C=C1CCCCC1)/C(=N/N=C(/C(=O)C=C1CCCCC1)c1ccoc1)c1ccoc1. The Hall–Kier alpha value is -3.28. The van der Waals surface area contributed by atoms with E-state index in [-0.39, 0.29) is 23.0 Å². The van der Waals surface area contributed by atoms with Crippen molar-refractivity contribution in [1.29, 1.82) is 0 Å². The molecule has 2 aliphatic rings. The van der Waals surface area contributed by atoms with Gasteiger partial charge in [0.2, 0.25) is 11.6 Å². The zero-order valence-electron chi connectivity index (χ0n) is 18.2. The summed E-state index contributed by atoms with van der Waals surface area (Å²) in [6.07, 6.45) is 19.8. The highest BCUT2D eigenvalue weighted by Gasteiger charge is 2.19. The fourth-order valence-electron chi connectivity index (χ4n) is 4.20. The molecule has 2 aromatic heterocycles. The molecular weight excluding hydrogens is 404 g/mol. The van der Waals surface area contributed by atoms with Gasteiger partial charge in [0.25, 0.3) is 0 Å². The first-order valence-electron chi connectivity index (χ1n) is 11.4. The molecule has 0 unspecified atom stereocenters. The summed E-state index contributed by atoms with van der Waals surface area (Å²) in [6, 6.07) is 3.35. The second kappa shape index (κ2) is 10.8. The molecule has 2 fully saturated rings. The van der Waals surface area contributed by atoms with E-state index in [1.54, 1.807) is 24.3 Å². The number of rotatable bonds is 7. The minimum absolute atomic E-state index is 0.163. The summed E-state index contributed by atoms with van der Waals surface area (Å²) in [7, 11) is 0. The lowest BCUT2D eigenvalue weighted by molar-refractivity contribution is -0.109. The predicted molar refractivity (Wildman–Crippen MR) is 123 cm³/mol. The van der Waals surface area contributed by atoms with Crippen LogP contribution in [0.3, 0.4) is 0 Å². The van der Waals surface area contributed by atoms with Gasteiger partial charge in [-0.15, -0.1) is 10.2 Å². The molecule has 166 valence electrons.